The average Bonchev–Trinajstić information content (AvgIpc) is 2.74. The third-order valence-corrected chi connectivity index (χ3v) is 2.25. The lowest BCUT2D eigenvalue weighted by Gasteiger charge is -2.06. The van der Waals surface area contributed by atoms with Crippen molar-refractivity contribution >= 4 is 5.91 Å². The lowest BCUT2D eigenvalue weighted by molar-refractivity contribution is -0.121. The summed E-state index contributed by atoms with van der Waals surface area (Å²) in [5.41, 5.74) is 0. The van der Waals surface area contributed by atoms with Crippen LogP contribution in [-0.4, -0.2) is 33.4 Å². The second-order valence-electron chi connectivity index (χ2n) is 3.86. The SMILES string of the molecule is CC(O)CCCNC(=O)CCn1cccn1. The number of aliphatic hydroxyl groups is 1. The first-order valence-corrected chi connectivity index (χ1v) is 5.60. The summed E-state index contributed by atoms with van der Waals surface area (Å²) in [6.45, 7) is 2.98. The number of rotatable bonds is 7. The number of carbonyl (C=O) groups is 1. The predicted octanol–water partition coefficient (Wildman–Crippen LogP) is 0.550. The van der Waals surface area contributed by atoms with Crippen LogP contribution in [0.3, 0.4) is 0 Å². The van der Waals surface area contributed by atoms with Gasteiger partial charge in [-0.05, 0) is 25.8 Å². The second kappa shape index (κ2) is 7.00. The molecule has 1 aromatic heterocycles. The van der Waals surface area contributed by atoms with Crippen LogP contribution in [0.1, 0.15) is 26.2 Å². The Bertz CT molecular complexity index is 296. The predicted molar refractivity (Wildman–Crippen MR) is 60.8 cm³/mol. The Balaban J connectivity index is 2.03. The number of hydrogen-bond donors (Lipinski definition) is 2. The van der Waals surface area contributed by atoms with E-state index in [0.29, 0.717) is 19.5 Å². The zero-order valence-corrected chi connectivity index (χ0v) is 9.59. The number of amides is 1. The highest BCUT2D eigenvalue weighted by Gasteiger charge is 2.01. The topological polar surface area (TPSA) is 67.2 Å². The largest absolute Gasteiger partial charge is 0.393 e. The maximum Gasteiger partial charge on any atom is 0.221 e. The van der Waals surface area contributed by atoms with E-state index in [1.807, 2.05) is 12.3 Å². The van der Waals surface area contributed by atoms with Gasteiger partial charge < -0.3 is 10.4 Å². The van der Waals surface area contributed by atoms with Crippen molar-refractivity contribution in [2.75, 3.05) is 6.54 Å². The zero-order valence-electron chi connectivity index (χ0n) is 9.59. The van der Waals surface area contributed by atoms with Gasteiger partial charge in [0.15, 0.2) is 0 Å². The molecule has 0 bridgehead atoms. The molecule has 0 saturated heterocycles. The van der Waals surface area contributed by atoms with E-state index in [2.05, 4.69) is 10.4 Å². The maximum atomic E-state index is 11.4. The molecule has 0 spiro atoms. The molecule has 0 aliphatic rings. The van der Waals surface area contributed by atoms with Crippen LogP contribution in [0.4, 0.5) is 0 Å². The monoisotopic (exact) mass is 225 g/mol. The Morgan fingerprint density at radius 3 is 3.06 bits per heavy atom. The van der Waals surface area contributed by atoms with E-state index < -0.39 is 0 Å². The zero-order chi connectivity index (χ0) is 11.8. The van der Waals surface area contributed by atoms with E-state index in [0.717, 1.165) is 12.8 Å². The molecule has 1 heterocycles. The molecule has 1 rings (SSSR count). The normalized spacial score (nSPS) is 12.4. The van der Waals surface area contributed by atoms with Crippen molar-refractivity contribution in [2.45, 2.75) is 38.8 Å². The molecule has 5 nitrogen and oxygen atoms in total. The molecule has 2 N–H and O–H groups in total. The first kappa shape index (κ1) is 12.7. The van der Waals surface area contributed by atoms with Gasteiger partial charge in [-0.1, -0.05) is 0 Å². The van der Waals surface area contributed by atoms with Gasteiger partial charge in [0.1, 0.15) is 0 Å². The van der Waals surface area contributed by atoms with Crippen LogP contribution in [0.2, 0.25) is 0 Å². The molecule has 0 saturated carbocycles. The van der Waals surface area contributed by atoms with Gasteiger partial charge in [0.05, 0.1) is 6.10 Å². The molecule has 0 aliphatic carbocycles. The number of nitrogens with zero attached hydrogens (tertiary/aromatic N) is 2. The Morgan fingerprint density at radius 2 is 2.44 bits per heavy atom. The molecule has 0 fully saturated rings. The third kappa shape index (κ3) is 5.50. The number of nitrogens with one attached hydrogen (secondary N) is 1. The summed E-state index contributed by atoms with van der Waals surface area (Å²) in [4.78, 5) is 11.4. The van der Waals surface area contributed by atoms with Gasteiger partial charge in [-0.2, -0.15) is 5.10 Å². The van der Waals surface area contributed by atoms with E-state index in [4.69, 9.17) is 5.11 Å². The molecular formula is C11H19N3O2. The highest BCUT2D eigenvalue weighted by molar-refractivity contribution is 5.75. The van der Waals surface area contributed by atoms with E-state index >= 15 is 0 Å². The van der Waals surface area contributed by atoms with Gasteiger partial charge >= 0.3 is 0 Å². The Kier molecular flexibility index (Phi) is 5.56. The van der Waals surface area contributed by atoms with E-state index in [1.54, 1.807) is 17.8 Å². The summed E-state index contributed by atoms with van der Waals surface area (Å²) in [7, 11) is 0. The van der Waals surface area contributed by atoms with E-state index in [9.17, 15) is 4.79 Å². The lowest BCUT2D eigenvalue weighted by atomic mass is 10.2. The summed E-state index contributed by atoms with van der Waals surface area (Å²) >= 11 is 0. The van der Waals surface area contributed by atoms with Gasteiger partial charge in [0.2, 0.25) is 5.91 Å². The minimum absolute atomic E-state index is 0.0288. The van der Waals surface area contributed by atoms with Crippen molar-refractivity contribution in [3.05, 3.63) is 18.5 Å². The summed E-state index contributed by atoms with van der Waals surface area (Å²) < 4.78 is 1.73. The van der Waals surface area contributed by atoms with Gasteiger partial charge in [-0.15, -0.1) is 0 Å². The molecule has 1 atom stereocenters. The standard InChI is InChI=1S/C11H19N3O2/c1-10(15)4-2-6-12-11(16)5-9-14-8-3-7-13-14/h3,7-8,10,15H,2,4-6,9H2,1H3,(H,12,16). The van der Waals surface area contributed by atoms with Gasteiger partial charge in [0, 0.05) is 31.9 Å². The number of aryl methyl sites for hydroxylation is 1. The maximum absolute atomic E-state index is 11.4. The van der Waals surface area contributed by atoms with E-state index in [-0.39, 0.29) is 12.0 Å². The van der Waals surface area contributed by atoms with Crippen LogP contribution >= 0.6 is 0 Å². The summed E-state index contributed by atoms with van der Waals surface area (Å²) in [5, 5.41) is 15.8. The Labute approximate surface area is 95.5 Å². The van der Waals surface area contributed by atoms with Crippen molar-refractivity contribution in [1.82, 2.24) is 15.1 Å². The van der Waals surface area contributed by atoms with Crippen molar-refractivity contribution in [3.63, 3.8) is 0 Å². The number of carbonyl (C=O) groups excluding carboxylic acids is 1. The molecule has 1 amide bonds. The average molecular weight is 225 g/mol. The fraction of sp³-hybridized carbons (Fsp3) is 0.636. The van der Waals surface area contributed by atoms with Crippen LogP contribution in [0, 0.1) is 0 Å². The fourth-order valence-electron chi connectivity index (χ4n) is 1.36. The number of hydrogen-bond acceptors (Lipinski definition) is 3. The molecular weight excluding hydrogens is 206 g/mol. The van der Waals surface area contributed by atoms with Gasteiger partial charge in [-0.25, -0.2) is 0 Å². The Morgan fingerprint density at radius 1 is 1.62 bits per heavy atom. The van der Waals surface area contributed by atoms with Crippen molar-refractivity contribution in [3.8, 4) is 0 Å². The molecule has 90 valence electrons. The molecule has 0 radical (unpaired) electrons. The van der Waals surface area contributed by atoms with Crippen LogP contribution in [0.15, 0.2) is 18.5 Å². The van der Waals surface area contributed by atoms with Crippen LogP contribution in [-0.2, 0) is 11.3 Å². The highest BCUT2D eigenvalue weighted by atomic mass is 16.3. The molecule has 0 aromatic carbocycles. The molecule has 1 unspecified atom stereocenters. The van der Waals surface area contributed by atoms with Crippen molar-refractivity contribution < 1.29 is 9.90 Å². The van der Waals surface area contributed by atoms with Crippen LogP contribution < -0.4 is 5.32 Å². The third-order valence-electron chi connectivity index (χ3n) is 2.25. The summed E-state index contributed by atoms with van der Waals surface area (Å²) in [5.74, 6) is 0.0288. The van der Waals surface area contributed by atoms with E-state index in [1.165, 1.54) is 0 Å². The highest BCUT2D eigenvalue weighted by Crippen LogP contribution is 1.94. The summed E-state index contributed by atoms with van der Waals surface area (Å²) in [6.07, 6.45) is 5.21. The smallest absolute Gasteiger partial charge is 0.221 e. The number of aliphatic hydroxyl groups excluding tert-OH is 1. The molecule has 0 aliphatic heterocycles. The van der Waals surface area contributed by atoms with Gasteiger partial charge in [-0.3, -0.25) is 9.48 Å². The quantitative estimate of drug-likeness (QED) is 0.666. The van der Waals surface area contributed by atoms with Crippen molar-refractivity contribution in [1.29, 1.82) is 0 Å². The van der Waals surface area contributed by atoms with Crippen LogP contribution in [0.5, 0.6) is 0 Å². The van der Waals surface area contributed by atoms with Gasteiger partial charge in [0.25, 0.3) is 0 Å². The van der Waals surface area contributed by atoms with Crippen LogP contribution in [0.25, 0.3) is 0 Å². The Hall–Kier alpha value is -1.36. The minimum Gasteiger partial charge on any atom is -0.393 e. The molecule has 5 heteroatoms. The number of aromatic nitrogens is 2. The molecule has 16 heavy (non-hydrogen) atoms. The minimum atomic E-state index is -0.291. The first-order valence-electron chi connectivity index (χ1n) is 5.60. The first-order chi connectivity index (χ1) is 7.68. The fourth-order valence-corrected chi connectivity index (χ4v) is 1.36. The summed E-state index contributed by atoms with van der Waals surface area (Å²) in [6, 6.07) is 1.83. The molecule has 1 aromatic rings. The second-order valence-corrected chi connectivity index (χ2v) is 3.86. The lowest BCUT2D eigenvalue weighted by Crippen LogP contribution is -2.26. The van der Waals surface area contributed by atoms with Crippen molar-refractivity contribution in [2.24, 2.45) is 0 Å².